The van der Waals surface area contributed by atoms with Gasteiger partial charge < -0.3 is 20.3 Å². The van der Waals surface area contributed by atoms with Gasteiger partial charge in [0, 0.05) is 24.7 Å². The molecule has 1 aliphatic heterocycles. The van der Waals surface area contributed by atoms with Gasteiger partial charge >= 0.3 is 0 Å². The van der Waals surface area contributed by atoms with E-state index in [9.17, 15) is 14.4 Å². The Morgan fingerprint density at radius 3 is 2.38 bits per heavy atom. The maximum atomic E-state index is 13.6. The molecule has 32 heavy (non-hydrogen) atoms. The van der Waals surface area contributed by atoms with E-state index in [0.717, 1.165) is 5.56 Å². The number of rotatable bonds is 6. The summed E-state index contributed by atoms with van der Waals surface area (Å²) in [5.74, 6) is -0.357. The second kappa shape index (κ2) is 8.93. The summed E-state index contributed by atoms with van der Waals surface area (Å²) >= 11 is 0. The Kier molecular flexibility index (Phi) is 5.89. The molecule has 1 aliphatic rings. The van der Waals surface area contributed by atoms with Crippen LogP contribution in [0.1, 0.15) is 34.5 Å². The molecule has 3 aromatic rings. The van der Waals surface area contributed by atoms with Crippen LogP contribution in [0.2, 0.25) is 0 Å². The van der Waals surface area contributed by atoms with Crippen molar-refractivity contribution in [2.75, 3.05) is 17.7 Å². The number of carbonyl (C=O) groups is 3. The summed E-state index contributed by atoms with van der Waals surface area (Å²) in [5, 5.41) is 5.58. The molecule has 0 saturated heterocycles. The molecule has 1 heterocycles. The number of hydrogen-bond donors (Lipinski definition) is 2. The van der Waals surface area contributed by atoms with Crippen LogP contribution in [-0.2, 0) is 16.1 Å². The molecule has 0 fully saturated rings. The van der Waals surface area contributed by atoms with E-state index in [2.05, 4.69) is 10.6 Å². The zero-order valence-electron chi connectivity index (χ0n) is 17.8. The summed E-state index contributed by atoms with van der Waals surface area (Å²) in [6.45, 7) is 1.75. The normalized spacial score (nSPS) is 13.3. The highest BCUT2D eigenvalue weighted by Crippen LogP contribution is 2.34. The zero-order valence-corrected chi connectivity index (χ0v) is 17.8. The minimum Gasteiger partial charge on any atom is -0.495 e. The van der Waals surface area contributed by atoms with E-state index in [1.165, 1.54) is 14.0 Å². The number of methoxy groups -OCH3 is 1. The Balaban J connectivity index is 1.68. The van der Waals surface area contributed by atoms with Crippen LogP contribution < -0.4 is 15.4 Å². The van der Waals surface area contributed by atoms with Gasteiger partial charge in [-0.2, -0.15) is 0 Å². The molecule has 0 spiro atoms. The number of carbonyl (C=O) groups excluding carboxylic acids is 3. The van der Waals surface area contributed by atoms with E-state index in [4.69, 9.17) is 4.74 Å². The number of amides is 3. The van der Waals surface area contributed by atoms with Crippen molar-refractivity contribution in [3.63, 3.8) is 0 Å². The molecule has 4 rings (SSSR count). The third-order valence-corrected chi connectivity index (χ3v) is 5.30. The van der Waals surface area contributed by atoms with E-state index in [0.29, 0.717) is 34.8 Å². The molecule has 1 atom stereocenters. The van der Waals surface area contributed by atoms with Crippen LogP contribution in [0.5, 0.6) is 5.75 Å². The lowest BCUT2D eigenvalue weighted by atomic mass is 10.0. The summed E-state index contributed by atoms with van der Waals surface area (Å²) in [5.41, 5.74) is 3.11. The first-order chi connectivity index (χ1) is 15.5. The van der Waals surface area contributed by atoms with Gasteiger partial charge in [-0.05, 0) is 35.4 Å². The quantitative estimate of drug-likeness (QED) is 0.620. The summed E-state index contributed by atoms with van der Waals surface area (Å²) in [6.07, 6.45) is 0. The van der Waals surface area contributed by atoms with Crippen molar-refractivity contribution >= 4 is 29.1 Å². The molecule has 7 heteroatoms. The molecular formula is C25H23N3O4. The second-order valence-corrected chi connectivity index (χ2v) is 7.49. The van der Waals surface area contributed by atoms with Crippen molar-refractivity contribution in [2.24, 2.45) is 0 Å². The van der Waals surface area contributed by atoms with Crippen LogP contribution in [-0.4, -0.2) is 29.7 Å². The van der Waals surface area contributed by atoms with Gasteiger partial charge in [-0.25, -0.2) is 0 Å². The average molecular weight is 429 g/mol. The fraction of sp³-hybridized carbons (Fsp3) is 0.160. The lowest BCUT2D eigenvalue weighted by Crippen LogP contribution is -2.37. The first-order valence-corrected chi connectivity index (χ1v) is 10.2. The SMILES string of the molecule is COc1ccc(NC(C)=O)cc1NC(=O)[C@@H](c1ccccc1)N1Cc2ccccc2C1=O. The molecule has 0 aliphatic carbocycles. The highest BCUT2D eigenvalue weighted by molar-refractivity contribution is 6.04. The van der Waals surface area contributed by atoms with E-state index in [-0.39, 0.29) is 17.7 Å². The number of fused-ring (bicyclic) bond motifs is 1. The van der Waals surface area contributed by atoms with Gasteiger partial charge in [-0.3, -0.25) is 14.4 Å². The van der Waals surface area contributed by atoms with Crippen molar-refractivity contribution < 1.29 is 19.1 Å². The van der Waals surface area contributed by atoms with Gasteiger partial charge in [-0.1, -0.05) is 48.5 Å². The molecule has 0 unspecified atom stereocenters. The third-order valence-electron chi connectivity index (χ3n) is 5.30. The highest BCUT2D eigenvalue weighted by atomic mass is 16.5. The maximum Gasteiger partial charge on any atom is 0.255 e. The predicted molar refractivity (Wildman–Crippen MR) is 121 cm³/mol. The number of nitrogens with one attached hydrogen (secondary N) is 2. The number of benzene rings is 3. The van der Waals surface area contributed by atoms with E-state index >= 15 is 0 Å². The highest BCUT2D eigenvalue weighted by Gasteiger charge is 2.37. The van der Waals surface area contributed by atoms with Crippen molar-refractivity contribution in [3.05, 3.63) is 89.5 Å². The molecule has 0 aromatic heterocycles. The van der Waals surface area contributed by atoms with E-state index in [1.807, 2.05) is 48.5 Å². The number of anilines is 2. The van der Waals surface area contributed by atoms with Crippen LogP contribution >= 0.6 is 0 Å². The van der Waals surface area contributed by atoms with Crippen LogP contribution in [0.3, 0.4) is 0 Å². The Labute approximate surface area is 186 Å². The van der Waals surface area contributed by atoms with E-state index in [1.54, 1.807) is 29.2 Å². The largest absolute Gasteiger partial charge is 0.495 e. The monoisotopic (exact) mass is 429 g/mol. The lowest BCUT2D eigenvalue weighted by molar-refractivity contribution is -0.120. The molecule has 0 saturated carbocycles. The number of nitrogens with zero attached hydrogens (tertiary/aromatic N) is 1. The predicted octanol–water partition coefficient (Wildman–Crippen LogP) is 3.99. The molecular weight excluding hydrogens is 406 g/mol. The van der Waals surface area contributed by atoms with Gasteiger partial charge in [0.1, 0.15) is 11.8 Å². The Morgan fingerprint density at radius 1 is 0.969 bits per heavy atom. The van der Waals surface area contributed by atoms with Gasteiger partial charge in [0.2, 0.25) is 5.91 Å². The van der Waals surface area contributed by atoms with Gasteiger partial charge in [0.05, 0.1) is 12.8 Å². The van der Waals surface area contributed by atoms with Crippen LogP contribution in [0, 0.1) is 0 Å². The molecule has 3 amide bonds. The Hall–Kier alpha value is -4.13. The minimum absolute atomic E-state index is 0.191. The molecule has 162 valence electrons. The zero-order chi connectivity index (χ0) is 22.7. The van der Waals surface area contributed by atoms with Gasteiger partial charge in [-0.15, -0.1) is 0 Å². The third kappa shape index (κ3) is 4.18. The fourth-order valence-electron chi connectivity index (χ4n) is 3.88. The van der Waals surface area contributed by atoms with E-state index < -0.39 is 6.04 Å². The lowest BCUT2D eigenvalue weighted by Gasteiger charge is -2.27. The van der Waals surface area contributed by atoms with Crippen LogP contribution in [0.15, 0.2) is 72.8 Å². The van der Waals surface area contributed by atoms with Crippen LogP contribution in [0.4, 0.5) is 11.4 Å². The number of ether oxygens (including phenoxy) is 1. The molecule has 0 bridgehead atoms. The van der Waals surface area contributed by atoms with Crippen molar-refractivity contribution in [1.29, 1.82) is 0 Å². The average Bonchev–Trinajstić information content (AvgIpc) is 3.11. The Morgan fingerprint density at radius 2 is 1.69 bits per heavy atom. The second-order valence-electron chi connectivity index (χ2n) is 7.49. The molecule has 7 nitrogen and oxygen atoms in total. The standard InChI is InChI=1S/C25H23N3O4/c1-16(29)26-19-12-13-22(32-2)21(14-19)27-24(30)23(17-8-4-3-5-9-17)28-15-18-10-6-7-11-20(18)25(28)31/h3-14,23H,15H2,1-2H3,(H,26,29)(H,27,30)/t23-/m1/s1. The first kappa shape index (κ1) is 21.1. The smallest absolute Gasteiger partial charge is 0.255 e. The fourth-order valence-corrected chi connectivity index (χ4v) is 3.88. The van der Waals surface area contributed by atoms with Gasteiger partial charge in [0.25, 0.3) is 11.8 Å². The molecule has 3 aromatic carbocycles. The van der Waals surface area contributed by atoms with Crippen molar-refractivity contribution in [3.8, 4) is 5.75 Å². The molecule has 0 radical (unpaired) electrons. The summed E-state index contributed by atoms with van der Waals surface area (Å²) in [6, 6.07) is 20.7. The Bertz CT molecular complexity index is 1180. The van der Waals surface area contributed by atoms with Crippen LogP contribution in [0.25, 0.3) is 0 Å². The first-order valence-electron chi connectivity index (χ1n) is 10.2. The van der Waals surface area contributed by atoms with Crippen molar-refractivity contribution in [1.82, 2.24) is 4.90 Å². The number of hydrogen-bond acceptors (Lipinski definition) is 4. The summed E-state index contributed by atoms with van der Waals surface area (Å²) < 4.78 is 5.38. The summed E-state index contributed by atoms with van der Waals surface area (Å²) in [4.78, 5) is 39.7. The van der Waals surface area contributed by atoms with Crippen molar-refractivity contribution in [2.45, 2.75) is 19.5 Å². The summed E-state index contributed by atoms with van der Waals surface area (Å²) in [7, 11) is 1.50. The topological polar surface area (TPSA) is 87.7 Å². The molecule has 2 N–H and O–H groups in total. The maximum absolute atomic E-state index is 13.6. The van der Waals surface area contributed by atoms with Gasteiger partial charge in [0.15, 0.2) is 0 Å². The minimum atomic E-state index is -0.842.